The highest BCUT2D eigenvalue weighted by atomic mass is 32.1. The summed E-state index contributed by atoms with van der Waals surface area (Å²) < 4.78 is 0. The molecule has 5 rings (SSSR count). The van der Waals surface area contributed by atoms with Crippen LogP contribution >= 0.6 is 11.3 Å². The molecule has 2 heterocycles. The summed E-state index contributed by atoms with van der Waals surface area (Å²) in [6.45, 7) is 1.95. The van der Waals surface area contributed by atoms with Crippen molar-refractivity contribution in [2.24, 2.45) is 0 Å². The number of fused-ring (bicyclic) bond motifs is 2. The highest BCUT2D eigenvalue weighted by molar-refractivity contribution is 7.14. The lowest BCUT2D eigenvalue weighted by molar-refractivity contribution is 0.102. The first kappa shape index (κ1) is 18.0. The Kier molecular flexibility index (Phi) is 4.60. The number of pyridine rings is 1. The summed E-state index contributed by atoms with van der Waals surface area (Å²) in [5.74, 6) is -0.165. The molecule has 0 aliphatic heterocycles. The topological polar surface area (TPSA) is 54.9 Å². The molecule has 1 aliphatic carbocycles. The standard InChI is InChI=1S/C24H21N3OS/c1-15-6-7-17-9-11-20(13-21(17)25-15)23(28)27-24-26-22(14-29-24)19-10-8-16-4-2-3-5-18(16)12-19/h6-14H,2-5H2,1H3,(H,26,27,28). The Morgan fingerprint density at radius 2 is 1.79 bits per heavy atom. The van der Waals surface area contributed by atoms with Gasteiger partial charge < -0.3 is 0 Å². The summed E-state index contributed by atoms with van der Waals surface area (Å²) in [5.41, 5.74) is 7.27. The molecule has 144 valence electrons. The smallest absolute Gasteiger partial charge is 0.257 e. The number of carbonyl (C=O) groups excluding carboxylic acids is 1. The van der Waals surface area contributed by atoms with E-state index in [0.29, 0.717) is 10.7 Å². The Hall–Kier alpha value is -3.05. The fourth-order valence-corrected chi connectivity index (χ4v) is 4.60. The van der Waals surface area contributed by atoms with E-state index in [-0.39, 0.29) is 5.91 Å². The van der Waals surface area contributed by atoms with E-state index in [1.807, 2.05) is 42.6 Å². The van der Waals surface area contributed by atoms with Gasteiger partial charge in [-0.3, -0.25) is 15.1 Å². The molecule has 2 aromatic heterocycles. The number of rotatable bonds is 3. The van der Waals surface area contributed by atoms with Gasteiger partial charge in [0.1, 0.15) is 0 Å². The minimum absolute atomic E-state index is 0.165. The van der Waals surface area contributed by atoms with E-state index in [1.54, 1.807) is 0 Å². The van der Waals surface area contributed by atoms with Crippen molar-refractivity contribution in [3.05, 3.63) is 76.3 Å². The largest absolute Gasteiger partial charge is 0.298 e. The summed E-state index contributed by atoms with van der Waals surface area (Å²) in [6.07, 6.45) is 4.86. The Balaban J connectivity index is 1.36. The molecule has 0 radical (unpaired) electrons. The quantitative estimate of drug-likeness (QED) is 0.474. The molecule has 0 fully saturated rings. The minimum Gasteiger partial charge on any atom is -0.298 e. The lowest BCUT2D eigenvalue weighted by atomic mass is 9.90. The van der Waals surface area contributed by atoms with E-state index in [9.17, 15) is 4.79 Å². The molecule has 4 nitrogen and oxygen atoms in total. The molecule has 1 N–H and O–H groups in total. The van der Waals surface area contributed by atoms with Crippen molar-refractivity contribution in [3.63, 3.8) is 0 Å². The number of nitrogens with zero attached hydrogens (tertiary/aromatic N) is 2. The summed E-state index contributed by atoms with van der Waals surface area (Å²) >= 11 is 1.45. The molecule has 0 atom stereocenters. The van der Waals surface area contributed by atoms with Gasteiger partial charge in [-0.25, -0.2) is 4.98 Å². The fourth-order valence-electron chi connectivity index (χ4n) is 3.89. The van der Waals surface area contributed by atoms with E-state index in [0.717, 1.165) is 34.3 Å². The second-order valence-electron chi connectivity index (χ2n) is 7.54. The molecule has 2 aromatic carbocycles. The third-order valence-corrected chi connectivity index (χ3v) is 6.22. The zero-order valence-electron chi connectivity index (χ0n) is 16.2. The molecule has 1 amide bonds. The van der Waals surface area contributed by atoms with Crippen LogP contribution in [0.4, 0.5) is 5.13 Å². The highest BCUT2D eigenvalue weighted by Crippen LogP contribution is 2.30. The predicted octanol–water partition coefficient (Wildman–Crippen LogP) is 5.80. The third-order valence-electron chi connectivity index (χ3n) is 5.46. The van der Waals surface area contributed by atoms with Crippen LogP contribution in [0.3, 0.4) is 0 Å². The van der Waals surface area contributed by atoms with Gasteiger partial charge in [0.2, 0.25) is 0 Å². The minimum atomic E-state index is -0.165. The lowest BCUT2D eigenvalue weighted by Crippen LogP contribution is -2.11. The number of anilines is 1. The molecule has 1 aliphatic rings. The monoisotopic (exact) mass is 399 g/mol. The summed E-state index contributed by atoms with van der Waals surface area (Å²) in [4.78, 5) is 21.9. The van der Waals surface area contributed by atoms with Crippen LogP contribution in [0.25, 0.3) is 22.2 Å². The Morgan fingerprint density at radius 1 is 0.966 bits per heavy atom. The van der Waals surface area contributed by atoms with E-state index in [4.69, 9.17) is 0 Å². The third kappa shape index (κ3) is 3.66. The van der Waals surface area contributed by atoms with Crippen LogP contribution in [0, 0.1) is 6.92 Å². The lowest BCUT2D eigenvalue weighted by Gasteiger charge is -2.16. The summed E-state index contributed by atoms with van der Waals surface area (Å²) in [7, 11) is 0. The van der Waals surface area contributed by atoms with Gasteiger partial charge >= 0.3 is 0 Å². The Labute approximate surface area is 173 Å². The first-order chi connectivity index (χ1) is 14.2. The van der Waals surface area contributed by atoms with Gasteiger partial charge in [-0.15, -0.1) is 11.3 Å². The molecule has 0 saturated carbocycles. The number of hydrogen-bond donors (Lipinski definition) is 1. The van der Waals surface area contributed by atoms with Gasteiger partial charge in [0.25, 0.3) is 5.91 Å². The first-order valence-electron chi connectivity index (χ1n) is 9.92. The average Bonchev–Trinajstić information content (AvgIpc) is 3.21. The SMILES string of the molecule is Cc1ccc2ccc(C(=O)Nc3nc(-c4ccc5c(c4)CCCC5)cs3)cc2n1. The maximum absolute atomic E-state index is 12.7. The van der Waals surface area contributed by atoms with Crippen LogP contribution < -0.4 is 5.32 Å². The summed E-state index contributed by atoms with van der Waals surface area (Å²) in [6, 6.07) is 16.2. The van der Waals surface area contributed by atoms with Crippen molar-refractivity contribution in [1.29, 1.82) is 0 Å². The van der Waals surface area contributed by atoms with Crippen LogP contribution in [0.1, 0.15) is 40.0 Å². The van der Waals surface area contributed by atoms with Crippen LogP contribution in [0.15, 0.2) is 53.9 Å². The normalized spacial score (nSPS) is 13.3. The zero-order valence-corrected chi connectivity index (χ0v) is 17.1. The maximum Gasteiger partial charge on any atom is 0.257 e. The number of amides is 1. The first-order valence-corrected chi connectivity index (χ1v) is 10.8. The van der Waals surface area contributed by atoms with Crippen molar-refractivity contribution in [2.45, 2.75) is 32.6 Å². The van der Waals surface area contributed by atoms with E-state index in [2.05, 4.69) is 33.5 Å². The molecule has 0 bridgehead atoms. The Bertz CT molecular complexity index is 1230. The molecule has 29 heavy (non-hydrogen) atoms. The number of thiazole rings is 1. The summed E-state index contributed by atoms with van der Waals surface area (Å²) in [5, 5.41) is 6.57. The van der Waals surface area contributed by atoms with Gasteiger partial charge in [-0.1, -0.05) is 24.3 Å². The molecular formula is C24H21N3OS. The number of aryl methyl sites for hydroxylation is 3. The molecule has 5 heteroatoms. The second kappa shape index (κ2) is 7.41. The van der Waals surface area contributed by atoms with Crippen LogP contribution in [-0.2, 0) is 12.8 Å². The van der Waals surface area contributed by atoms with Gasteiger partial charge in [-0.05, 0) is 68.0 Å². The maximum atomic E-state index is 12.7. The molecule has 4 aromatic rings. The van der Waals surface area contributed by atoms with E-state index in [1.165, 1.54) is 41.7 Å². The molecule has 0 unspecified atom stereocenters. The number of nitrogens with one attached hydrogen (secondary N) is 1. The van der Waals surface area contributed by atoms with Gasteiger partial charge in [-0.2, -0.15) is 0 Å². The molecular weight excluding hydrogens is 378 g/mol. The second-order valence-corrected chi connectivity index (χ2v) is 8.40. The van der Waals surface area contributed by atoms with Crippen LogP contribution in [0.2, 0.25) is 0 Å². The van der Waals surface area contributed by atoms with Crippen molar-refractivity contribution < 1.29 is 4.79 Å². The molecule has 0 spiro atoms. The van der Waals surface area contributed by atoms with Gasteiger partial charge in [0, 0.05) is 27.6 Å². The van der Waals surface area contributed by atoms with Crippen molar-refractivity contribution in [3.8, 4) is 11.3 Å². The number of aromatic nitrogens is 2. The van der Waals surface area contributed by atoms with Crippen molar-refractivity contribution >= 4 is 33.3 Å². The number of hydrogen-bond acceptors (Lipinski definition) is 4. The van der Waals surface area contributed by atoms with Crippen molar-refractivity contribution in [1.82, 2.24) is 9.97 Å². The van der Waals surface area contributed by atoms with E-state index >= 15 is 0 Å². The average molecular weight is 400 g/mol. The van der Waals surface area contributed by atoms with Gasteiger partial charge in [0.05, 0.1) is 11.2 Å². The number of carbonyl (C=O) groups is 1. The van der Waals surface area contributed by atoms with Gasteiger partial charge in [0.15, 0.2) is 5.13 Å². The fraction of sp³-hybridized carbons (Fsp3) is 0.208. The zero-order chi connectivity index (χ0) is 19.8. The van der Waals surface area contributed by atoms with Crippen molar-refractivity contribution in [2.75, 3.05) is 5.32 Å². The molecule has 0 saturated heterocycles. The highest BCUT2D eigenvalue weighted by Gasteiger charge is 2.14. The predicted molar refractivity (Wildman–Crippen MR) is 119 cm³/mol. The van der Waals surface area contributed by atoms with Crippen LogP contribution in [0.5, 0.6) is 0 Å². The number of benzene rings is 2. The van der Waals surface area contributed by atoms with Crippen LogP contribution in [-0.4, -0.2) is 15.9 Å². The van der Waals surface area contributed by atoms with E-state index < -0.39 is 0 Å². The Morgan fingerprint density at radius 3 is 2.69 bits per heavy atom.